The third-order valence-corrected chi connectivity index (χ3v) is 4.84. The number of amides is 1. The summed E-state index contributed by atoms with van der Waals surface area (Å²) < 4.78 is 1.98. The second-order valence-electron chi connectivity index (χ2n) is 6.48. The SMILES string of the molecule is Cn1ccnc1C[C@H](NC(=O)c1n[nH]c2c1CCC2)c1ccccc1. The summed E-state index contributed by atoms with van der Waals surface area (Å²) in [6.45, 7) is 0. The Bertz CT molecular complexity index is 880. The molecule has 25 heavy (non-hydrogen) atoms. The third-order valence-electron chi connectivity index (χ3n) is 4.84. The van der Waals surface area contributed by atoms with Gasteiger partial charge in [0.05, 0.1) is 6.04 Å². The summed E-state index contributed by atoms with van der Waals surface area (Å²) in [5, 5.41) is 10.4. The van der Waals surface area contributed by atoms with E-state index in [0.29, 0.717) is 12.1 Å². The van der Waals surface area contributed by atoms with E-state index in [1.807, 2.05) is 48.1 Å². The first kappa shape index (κ1) is 15.6. The van der Waals surface area contributed by atoms with Gasteiger partial charge in [-0.05, 0) is 24.8 Å². The van der Waals surface area contributed by atoms with Gasteiger partial charge >= 0.3 is 0 Å². The number of rotatable bonds is 5. The van der Waals surface area contributed by atoms with Crippen LogP contribution < -0.4 is 5.32 Å². The molecule has 1 aliphatic rings. The van der Waals surface area contributed by atoms with E-state index in [-0.39, 0.29) is 11.9 Å². The van der Waals surface area contributed by atoms with Gasteiger partial charge in [0.15, 0.2) is 5.69 Å². The van der Waals surface area contributed by atoms with Crippen molar-refractivity contribution in [1.29, 1.82) is 0 Å². The van der Waals surface area contributed by atoms with Crippen molar-refractivity contribution in [2.75, 3.05) is 0 Å². The molecule has 0 saturated carbocycles. The quantitative estimate of drug-likeness (QED) is 0.751. The van der Waals surface area contributed by atoms with Gasteiger partial charge in [-0.2, -0.15) is 5.10 Å². The fraction of sp³-hybridized carbons (Fsp3) is 0.316. The van der Waals surface area contributed by atoms with Crippen LogP contribution in [0.2, 0.25) is 0 Å². The molecule has 6 nitrogen and oxygen atoms in total. The summed E-state index contributed by atoms with van der Waals surface area (Å²) in [5.41, 5.74) is 3.77. The molecule has 0 unspecified atom stereocenters. The van der Waals surface area contributed by atoms with E-state index >= 15 is 0 Å². The zero-order valence-corrected chi connectivity index (χ0v) is 14.2. The van der Waals surface area contributed by atoms with Crippen LogP contribution in [0.5, 0.6) is 0 Å². The predicted octanol–water partition coefficient (Wildman–Crippen LogP) is 2.35. The van der Waals surface area contributed by atoms with E-state index in [2.05, 4.69) is 20.5 Å². The van der Waals surface area contributed by atoms with Gasteiger partial charge in [-0.25, -0.2) is 4.98 Å². The summed E-state index contributed by atoms with van der Waals surface area (Å²) in [7, 11) is 1.97. The number of hydrogen-bond acceptors (Lipinski definition) is 3. The second-order valence-corrected chi connectivity index (χ2v) is 6.48. The predicted molar refractivity (Wildman–Crippen MR) is 94.2 cm³/mol. The van der Waals surface area contributed by atoms with Crippen LogP contribution in [0.1, 0.15) is 45.6 Å². The average Bonchev–Trinajstić information content (AvgIpc) is 3.32. The molecular formula is C19H21N5O. The van der Waals surface area contributed by atoms with Crippen LogP contribution >= 0.6 is 0 Å². The van der Waals surface area contributed by atoms with Crippen molar-refractivity contribution in [3.8, 4) is 0 Å². The maximum absolute atomic E-state index is 12.8. The number of aryl methyl sites for hydroxylation is 2. The molecule has 2 aromatic heterocycles. The molecule has 2 N–H and O–H groups in total. The van der Waals surface area contributed by atoms with Crippen LogP contribution in [0.4, 0.5) is 0 Å². The molecule has 0 spiro atoms. The van der Waals surface area contributed by atoms with Crippen molar-refractivity contribution >= 4 is 5.91 Å². The standard InChI is InChI=1S/C19H21N5O/c1-24-11-10-20-17(24)12-16(13-6-3-2-4-7-13)21-19(25)18-14-8-5-9-15(14)22-23-18/h2-4,6-7,10-11,16H,5,8-9,12H2,1H3,(H,21,25)(H,22,23)/t16-/m0/s1. The van der Waals surface area contributed by atoms with Gasteiger partial charge in [-0.1, -0.05) is 30.3 Å². The van der Waals surface area contributed by atoms with Gasteiger partial charge < -0.3 is 9.88 Å². The first-order valence-electron chi connectivity index (χ1n) is 8.60. The summed E-state index contributed by atoms with van der Waals surface area (Å²) in [6.07, 6.45) is 7.31. The number of carbonyl (C=O) groups excluding carboxylic acids is 1. The molecule has 1 aliphatic carbocycles. The van der Waals surface area contributed by atoms with Crippen molar-refractivity contribution < 1.29 is 4.79 Å². The number of aromatic nitrogens is 4. The van der Waals surface area contributed by atoms with Crippen LogP contribution in [-0.4, -0.2) is 25.7 Å². The van der Waals surface area contributed by atoms with E-state index < -0.39 is 0 Å². The number of fused-ring (bicyclic) bond motifs is 1. The highest BCUT2D eigenvalue weighted by Crippen LogP contribution is 2.24. The Morgan fingerprint density at radius 1 is 1.32 bits per heavy atom. The lowest BCUT2D eigenvalue weighted by Crippen LogP contribution is -2.31. The van der Waals surface area contributed by atoms with Crippen molar-refractivity contribution in [3.63, 3.8) is 0 Å². The zero-order chi connectivity index (χ0) is 17.2. The lowest BCUT2D eigenvalue weighted by atomic mass is 10.0. The van der Waals surface area contributed by atoms with E-state index in [4.69, 9.17) is 0 Å². The Labute approximate surface area is 146 Å². The third kappa shape index (κ3) is 3.07. The number of hydrogen-bond donors (Lipinski definition) is 2. The summed E-state index contributed by atoms with van der Waals surface area (Å²) in [6, 6.07) is 9.86. The van der Waals surface area contributed by atoms with Crippen LogP contribution in [-0.2, 0) is 26.3 Å². The Hall–Kier alpha value is -2.89. The molecule has 1 aromatic carbocycles. The maximum Gasteiger partial charge on any atom is 0.272 e. The van der Waals surface area contributed by atoms with Gasteiger partial charge in [-0.3, -0.25) is 9.89 Å². The van der Waals surface area contributed by atoms with Gasteiger partial charge in [0.2, 0.25) is 0 Å². The number of aromatic amines is 1. The summed E-state index contributed by atoms with van der Waals surface area (Å²) in [4.78, 5) is 17.2. The van der Waals surface area contributed by atoms with E-state index in [0.717, 1.165) is 41.9 Å². The molecule has 0 fully saturated rings. The number of nitrogens with zero attached hydrogens (tertiary/aromatic N) is 3. The molecule has 1 atom stereocenters. The number of carbonyl (C=O) groups is 1. The molecule has 4 rings (SSSR count). The normalized spacial score (nSPS) is 14.3. The second kappa shape index (κ2) is 6.55. The smallest absolute Gasteiger partial charge is 0.272 e. The molecular weight excluding hydrogens is 314 g/mol. The van der Waals surface area contributed by atoms with Crippen molar-refractivity contribution in [1.82, 2.24) is 25.1 Å². The zero-order valence-electron chi connectivity index (χ0n) is 14.2. The molecule has 1 amide bonds. The topological polar surface area (TPSA) is 75.6 Å². The average molecular weight is 335 g/mol. The van der Waals surface area contributed by atoms with Crippen LogP contribution in [0.25, 0.3) is 0 Å². The van der Waals surface area contributed by atoms with E-state index in [1.54, 1.807) is 6.20 Å². The molecule has 0 aliphatic heterocycles. The summed E-state index contributed by atoms with van der Waals surface area (Å²) in [5.74, 6) is 0.809. The number of H-pyrrole nitrogens is 1. The molecule has 0 radical (unpaired) electrons. The Balaban J connectivity index is 1.59. The van der Waals surface area contributed by atoms with E-state index in [1.165, 1.54) is 0 Å². The Kier molecular flexibility index (Phi) is 4.09. The highest BCUT2D eigenvalue weighted by atomic mass is 16.2. The number of benzene rings is 1. The molecule has 128 valence electrons. The lowest BCUT2D eigenvalue weighted by molar-refractivity contribution is 0.0930. The minimum atomic E-state index is -0.149. The van der Waals surface area contributed by atoms with Gasteiger partial charge in [-0.15, -0.1) is 0 Å². The van der Waals surface area contributed by atoms with Gasteiger partial charge in [0, 0.05) is 37.1 Å². The fourth-order valence-corrected chi connectivity index (χ4v) is 3.45. The van der Waals surface area contributed by atoms with Gasteiger partial charge in [0.25, 0.3) is 5.91 Å². The molecule has 3 aromatic rings. The molecule has 6 heteroatoms. The number of imidazole rings is 1. The number of nitrogens with one attached hydrogen (secondary N) is 2. The first-order chi connectivity index (χ1) is 12.2. The minimum absolute atomic E-state index is 0.123. The van der Waals surface area contributed by atoms with Crippen molar-refractivity contribution in [3.05, 3.63) is 71.1 Å². The highest BCUT2D eigenvalue weighted by molar-refractivity contribution is 5.94. The van der Waals surface area contributed by atoms with E-state index in [9.17, 15) is 4.79 Å². The monoisotopic (exact) mass is 335 g/mol. The molecule has 0 saturated heterocycles. The van der Waals surface area contributed by atoms with Crippen molar-refractivity contribution in [2.45, 2.75) is 31.7 Å². The maximum atomic E-state index is 12.8. The Morgan fingerprint density at radius 3 is 2.92 bits per heavy atom. The molecule has 2 heterocycles. The Morgan fingerprint density at radius 2 is 2.16 bits per heavy atom. The largest absolute Gasteiger partial charge is 0.343 e. The van der Waals surface area contributed by atoms with Crippen molar-refractivity contribution in [2.24, 2.45) is 7.05 Å². The van der Waals surface area contributed by atoms with Crippen LogP contribution in [0, 0.1) is 0 Å². The highest BCUT2D eigenvalue weighted by Gasteiger charge is 2.25. The lowest BCUT2D eigenvalue weighted by Gasteiger charge is -2.19. The van der Waals surface area contributed by atoms with Crippen LogP contribution in [0.3, 0.4) is 0 Å². The minimum Gasteiger partial charge on any atom is -0.343 e. The molecule has 0 bridgehead atoms. The van der Waals surface area contributed by atoms with Crippen LogP contribution in [0.15, 0.2) is 42.7 Å². The fourth-order valence-electron chi connectivity index (χ4n) is 3.45. The first-order valence-corrected chi connectivity index (χ1v) is 8.60. The summed E-state index contributed by atoms with van der Waals surface area (Å²) >= 11 is 0. The van der Waals surface area contributed by atoms with Gasteiger partial charge in [0.1, 0.15) is 5.82 Å².